The molecule has 5 heteroatoms. The van der Waals surface area contributed by atoms with Crippen LogP contribution in [0.1, 0.15) is 24.2 Å². The molecule has 110 valence electrons. The van der Waals surface area contributed by atoms with Crippen molar-refractivity contribution in [1.82, 2.24) is 4.98 Å². The van der Waals surface area contributed by atoms with Gasteiger partial charge in [0.25, 0.3) is 0 Å². The summed E-state index contributed by atoms with van der Waals surface area (Å²) < 4.78 is 10.5. The van der Waals surface area contributed by atoms with Crippen LogP contribution in [0.5, 0.6) is 5.75 Å². The summed E-state index contributed by atoms with van der Waals surface area (Å²) in [7, 11) is 0. The molecule has 1 aromatic heterocycles. The molecule has 2 rings (SSSR count). The van der Waals surface area contributed by atoms with E-state index in [1.54, 1.807) is 19.1 Å². The highest BCUT2D eigenvalue weighted by Gasteiger charge is 2.08. The van der Waals surface area contributed by atoms with E-state index in [0.717, 1.165) is 11.4 Å². The Balaban J connectivity index is 2.12. The molecule has 0 atom stereocenters. The smallest absolute Gasteiger partial charge is 0.339 e. The lowest BCUT2D eigenvalue weighted by Crippen LogP contribution is -2.05. The maximum absolute atomic E-state index is 11.6. The zero-order valence-electron chi connectivity index (χ0n) is 12.1. The number of para-hydroxylation sites is 2. The van der Waals surface area contributed by atoms with Crippen LogP contribution in [0, 0.1) is 0 Å². The van der Waals surface area contributed by atoms with E-state index < -0.39 is 0 Å². The molecule has 0 aliphatic rings. The lowest BCUT2D eigenvalue weighted by Gasteiger charge is -2.11. The van der Waals surface area contributed by atoms with E-state index in [0.29, 0.717) is 24.6 Å². The summed E-state index contributed by atoms with van der Waals surface area (Å²) in [5.74, 6) is 1.03. The third kappa shape index (κ3) is 3.95. The van der Waals surface area contributed by atoms with Crippen LogP contribution >= 0.6 is 0 Å². The standard InChI is InChI=1S/C16H18N2O3/c1-3-20-14-8-6-5-7-13(14)18-15-10-9-12(11-17-15)16(19)21-4-2/h5-11H,3-4H2,1-2H3,(H,17,18). The molecule has 0 spiro atoms. The van der Waals surface area contributed by atoms with E-state index in [9.17, 15) is 4.79 Å². The topological polar surface area (TPSA) is 60.5 Å². The fraction of sp³-hybridized carbons (Fsp3) is 0.250. The molecule has 0 saturated carbocycles. The number of nitrogens with one attached hydrogen (secondary N) is 1. The predicted octanol–water partition coefficient (Wildman–Crippen LogP) is 3.40. The molecule has 2 aromatic rings. The second-order valence-corrected chi connectivity index (χ2v) is 4.21. The van der Waals surface area contributed by atoms with E-state index in [1.807, 2.05) is 31.2 Å². The van der Waals surface area contributed by atoms with Crippen molar-refractivity contribution < 1.29 is 14.3 Å². The van der Waals surface area contributed by atoms with Crippen molar-refractivity contribution in [2.45, 2.75) is 13.8 Å². The Morgan fingerprint density at radius 3 is 2.62 bits per heavy atom. The fourth-order valence-electron chi connectivity index (χ4n) is 1.79. The van der Waals surface area contributed by atoms with Crippen LogP contribution in [0.2, 0.25) is 0 Å². The van der Waals surface area contributed by atoms with Crippen LogP contribution < -0.4 is 10.1 Å². The maximum atomic E-state index is 11.6. The molecule has 1 aromatic carbocycles. The Kier molecular flexibility index (Phi) is 5.15. The number of pyridine rings is 1. The minimum absolute atomic E-state index is 0.348. The highest BCUT2D eigenvalue weighted by Crippen LogP contribution is 2.26. The Morgan fingerprint density at radius 2 is 1.95 bits per heavy atom. The van der Waals surface area contributed by atoms with E-state index in [2.05, 4.69) is 10.3 Å². The van der Waals surface area contributed by atoms with Crippen molar-refractivity contribution in [1.29, 1.82) is 0 Å². The van der Waals surface area contributed by atoms with Crippen molar-refractivity contribution in [2.75, 3.05) is 18.5 Å². The van der Waals surface area contributed by atoms with Crippen LogP contribution in [0.15, 0.2) is 42.6 Å². The molecule has 0 amide bonds. The first-order chi connectivity index (χ1) is 10.2. The Labute approximate surface area is 123 Å². The zero-order valence-corrected chi connectivity index (χ0v) is 12.1. The number of aromatic nitrogens is 1. The summed E-state index contributed by atoms with van der Waals surface area (Å²) in [5.41, 5.74) is 1.26. The van der Waals surface area contributed by atoms with E-state index in [4.69, 9.17) is 9.47 Å². The third-order valence-electron chi connectivity index (χ3n) is 2.72. The monoisotopic (exact) mass is 286 g/mol. The van der Waals surface area contributed by atoms with Crippen LogP contribution in [-0.2, 0) is 4.74 Å². The number of hydrogen-bond donors (Lipinski definition) is 1. The highest BCUT2D eigenvalue weighted by molar-refractivity contribution is 5.89. The Bertz CT molecular complexity index is 597. The molecule has 0 aliphatic heterocycles. The Hall–Kier alpha value is -2.56. The lowest BCUT2D eigenvalue weighted by molar-refractivity contribution is 0.0526. The predicted molar refractivity (Wildman–Crippen MR) is 81.1 cm³/mol. The van der Waals surface area contributed by atoms with Gasteiger partial charge in [0, 0.05) is 6.20 Å². The molecule has 5 nitrogen and oxygen atoms in total. The van der Waals surface area contributed by atoms with Gasteiger partial charge in [-0.2, -0.15) is 0 Å². The first kappa shape index (κ1) is 14.8. The minimum Gasteiger partial charge on any atom is -0.492 e. The van der Waals surface area contributed by atoms with Crippen molar-refractivity contribution in [3.63, 3.8) is 0 Å². The third-order valence-corrected chi connectivity index (χ3v) is 2.72. The van der Waals surface area contributed by atoms with Gasteiger partial charge in [-0.15, -0.1) is 0 Å². The van der Waals surface area contributed by atoms with Crippen LogP contribution in [-0.4, -0.2) is 24.2 Å². The number of carbonyl (C=O) groups excluding carboxylic acids is 1. The SMILES string of the molecule is CCOC(=O)c1ccc(Nc2ccccc2OCC)nc1. The van der Waals surface area contributed by atoms with Crippen molar-refractivity contribution in [3.8, 4) is 5.75 Å². The van der Waals surface area contributed by atoms with Gasteiger partial charge in [0.05, 0.1) is 24.5 Å². The molecule has 21 heavy (non-hydrogen) atoms. The van der Waals surface area contributed by atoms with Gasteiger partial charge in [-0.1, -0.05) is 12.1 Å². The van der Waals surface area contributed by atoms with Crippen LogP contribution in [0.25, 0.3) is 0 Å². The fourth-order valence-corrected chi connectivity index (χ4v) is 1.79. The minimum atomic E-state index is -0.369. The molecular weight excluding hydrogens is 268 g/mol. The summed E-state index contributed by atoms with van der Waals surface area (Å²) in [4.78, 5) is 15.8. The van der Waals surface area contributed by atoms with Gasteiger partial charge < -0.3 is 14.8 Å². The summed E-state index contributed by atoms with van der Waals surface area (Å²) in [5, 5.41) is 3.17. The van der Waals surface area contributed by atoms with E-state index >= 15 is 0 Å². The van der Waals surface area contributed by atoms with Crippen molar-refractivity contribution in [2.24, 2.45) is 0 Å². The van der Waals surface area contributed by atoms with E-state index in [-0.39, 0.29) is 5.97 Å². The first-order valence-electron chi connectivity index (χ1n) is 6.86. The largest absolute Gasteiger partial charge is 0.492 e. The molecule has 0 aliphatic carbocycles. The Morgan fingerprint density at radius 1 is 1.14 bits per heavy atom. The highest BCUT2D eigenvalue weighted by atomic mass is 16.5. The van der Waals surface area contributed by atoms with Gasteiger partial charge in [-0.05, 0) is 38.1 Å². The molecule has 0 bridgehead atoms. The van der Waals surface area contributed by atoms with Crippen LogP contribution in [0.3, 0.4) is 0 Å². The van der Waals surface area contributed by atoms with Crippen molar-refractivity contribution in [3.05, 3.63) is 48.2 Å². The molecule has 1 N–H and O–H groups in total. The zero-order chi connectivity index (χ0) is 15.1. The molecule has 0 radical (unpaired) electrons. The second kappa shape index (κ2) is 7.28. The average Bonchev–Trinajstić information content (AvgIpc) is 2.50. The summed E-state index contributed by atoms with van der Waals surface area (Å²) >= 11 is 0. The first-order valence-corrected chi connectivity index (χ1v) is 6.86. The number of anilines is 2. The average molecular weight is 286 g/mol. The van der Waals surface area contributed by atoms with Crippen LogP contribution in [0.4, 0.5) is 11.5 Å². The molecule has 0 fully saturated rings. The number of nitrogens with zero attached hydrogens (tertiary/aromatic N) is 1. The normalized spacial score (nSPS) is 10.0. The van der Waals surface area contributed by atoms with Gasteiger partial charge in [0.15, 0.2) is 0 Å². The molecular formula is C16H18N2O3. The van der Waals surface area contributed by atoms with Gasteiger partial charge >= 0.3 is 5.97 Å². The number of ether oxygens (including phenoxy) is 2. The summed E-state index contributed by atoms with van der Waals surface area (Å²) in [6.07, 6.45) is 1.49. The van der Waals surface area contributed by atoms with Gasteiger partial charge in [0.1, 0.15) is 11.6 Å². The van der Waals surface area contributed by atoms with Gasteiger partial charge in [-0.25, -0.2) is 9.78 Å². The lowest BCUT2D eigenvalue weighted by atomic mass is 10.2. The number of hydrogen-bond acceptors (Lipinski definition) is 5. The summed E-state index contributed by atoms with van der Waals surface area (Å²) in [6.45, 7) is 4.64. The number of benzene rings is 1. The number of rotatable bonds is 6. The molecule has 0 saturated heterocycles. The summed E-state index contributed by atoms with van der Waals surface area (Å²) in [6, 6.07) is 11.0. The van der Waals surface area contributed by atoms with E-state index in [1.165, 1.54) is 6.20 Å². The molecule has 1 heterocycles. The van der Waals surface area contributed by atoms with Gasteiger partial charge in [0.2, 0.25) is 0 Å². The quantitative estimate of drug-likeness (QED) is 0.825. The van der Waals surface area contributed by atoms with Gasteiger partial charge in [-0.3, -0.25) is 0 Å². The second-order valence-electron chi connectivity index (χ2n) is 4.21. The maximum Gasteiger partial charge on any atom is 0.339 e. The number of carbonyl (C=O) groups is 1. The molecule has 0 unspecified atom stereocenters. The number of esters is 1. The van der Waals surface area contributed by atoms with Crippen molar-refractivity contribution >= 4 is 17.5 Å².